The first-order valence-corrected chi connectivity index (χ1v) is 6.36. The molecule has 1 saturated carbocycles. The van der Waals surface area contributed by atoms with Crippen LogP contribution >= 0.6 is 0 Å². The van der Waals surface area contributed by atoms with Crippen LogP contribution in [0.2, 0.25) is 0 Å². The molecular formula is C14H18F3N. The maximum Gasteiger partial charge on any atom is 0.407 e. The average molecular weight is 257 g/mol. The Kier molecular flexibility index (Phi) is 3.66. The molecule has 4 heteroatoms. The molecule has 1 atom stereocenters. The van der Waals surface area contributed by atoms with Crippen LogP contribution in [0.4, 0.5) is 13.2 Å². The zero-order valence-corrected chi connectivity index (χ0v) is 10.4. The first-order valence-electron chi connectivity index (χ1n) is 6.36. The zero-order valence-electron chi connectivity index (χ0n) is 10.4. The number of nitrogens with one attached hydrogen (secondary N) is 1. The van der Waals surface area contributed by atoms with Gasteiger partial charge in [0.1, 0.15) is 6.04 Å². The smallest absolute Gasteiger partial charge is 0.297 e. The van der Waals surface area contributed by atoms with E-state index in [1.807, 2.05) is 6.92 Å². The summed E-state index contributed by atoms with van der Waals surface area (Å²) >= 11 is 0. The van der Waals surface area contributed by atoms with Crippen LogP contribution in [0.5, 0.6) is 0 Å². The molecule has 1 fully saturated rings. The van der Waals surface area contributed by atoms with Crippen LogP contribution < -0.4 is 5.32 Å². The molecular weight excluding hydrogens is 239 g/mol. The number of hydrogen-bond donors (Lipinski definition) is 1. The Bertz CT molecular complexity index is 376. The molecule has 0 amide bonds. The minimum absolute atomic E-state index is 0.296. The third kappa shape index (κ3) is 2.69. The van der Waals surface area contributed by atoms with Crippen molar-refractivity contribution in [2.45, 2.75) is 50.4 Å². The summed E-state index contributed by atoms with van der Waals surface area (Å²) in [5.41, 5.74) is -0.0273. The van der Waals surface area contributed by atoms with E-state index < -0.39 is 12.2 Å². The number of alkyl halides is 3. The third-order valence-corrected chi connectivity index (χ3v) is 3.90. The van der Waals surface area contributed by atoms with Crippen molar-refractivity contribution in [3.8, 4) is 0 Å². The maximum atomic E-state index is 13.2. The van der Waals surface area contributed by atoms with E-state index in [-0.39, 0.29) is 5.54 Å². The average Bonchev–Trinajstić information content (AvgIpc) is 2.28. The fourth-order valence-electron chi connectivity index (χ4n) is 2.51. The van der Waals surface area contributed by atoms with E-state index in [2.05, 4.69) is 5.32 Å². The third-order valence-electron chi connectivity index (χ3n) is 3.90. The van der Waals surface area contributed by atoms with Gasteiger partial charge in [0.25, 0.3) is 0 Å². The number of rotatable bonds is 4. The molecule has 1 N–H and O–H groups in total. The van der Waals surface area contributed by atoms with Crippen molar-refractivity contribution in [3.63, 3.8) is 0 Å². The minimum Gasteiger partial charge on any atom is -0.297 e. The highest BCUT2D eigenvalue weighted by Gasteiger charge is 2.46. The topological polar surface area (TPSA) is 12.0 Å². The van der Waals surface area contributed by atoms with Gasteiger partial charge in [0.15, 0.2) is 0 Å². The van der Waals surface area contributed by atoms with E-state index in [0.29, 0.717) is 5.56 Å². The molecule has 1 aromatic rings. The van der Waals surface area contributed by atoms with Gasteiger partial charge in [-0.25, -0.2) is 0 Å². The van der Waals surface area contributed by atoms with Crippen molar-refractivity contribution in [3.05, 3.63) is 35.9 Å². The first kappa shape index (κ1) is 13.4. The summed E-state index contributed by atoms with van der Waals surface area (Å²) in [7, 11) is 0. The van der Waals surface area contributed by atoms with E-state index in [1.54, 1.807) is 18.2 Å². The van der Waals surface area contributed by atoms with Gasteiger partial charge in [0.2, 0.25) is 0 Å². The lowest BCUT2D eigenvalue weighted by molar-refractivity contribution is -0.166. The summed E-state index contributed by atoms with van der Waals surface area (Å²) in [6.45, 7) is 1.95. The molecule has 1 aliphatic carbocycles. The molecule has 1 unspecified atom stereocenters. The lowest BCUT2D eigenvalue weighted by Crippen LogP contribution is -2.54. The Morgan fingerprint density at radius 1 is 1.22 bits per heavy atom. The van der Waals surface area contributed by atoms with E-state index >= 15 is 0 Å². The summed E-state index contributed by atoms with van der Waals surface area (Å²) in [5.74, 6) is 0. The van der Waals surface area contributed by atoms with Crippen molar-refractivity contribution in [1.82, 2.24) is 5.32 Å². The molecule has 1 aromatic carbocycles. The Balaban J connectivity index is 2.22. The van der Waals surface area contributed by atoms with Gasteiger partial charge in [-0.3, -0.25) is 5.32 Å². The lowest BCUT2D eigenvalue weighted by Gasteiger charge is -2.45. The standard InChI is InChI=1S/C14H18F3N/c1-2-13(9-6-10-13)18-12(14(15,16)17)11-7-4-3-5-8-11/h3-5,7-8,12,18H,2,6,9-10H2,1H3. The second-order valence-corrected chi connectivity index (χ2v) is 5.02. The van der Waals surface area contributed by atoms with Crippen LogP contribution in [-0.4, -0.2) is 11.7 Å². The molecule has 100 valence electrons. The van der Waals surface area contributed by atoms with E-state index in [4.69, 9.17) is 0 Å². The normalized spacial score (nSPS) is 20.2. The molecule has 0 aromatic heterocycles. The molecule has 0 heterocycles. The van der Waals surface area contributed by atoms with Crippen LogP contribution in [-0.2, 0) is 0 Å². The van der Waals surface area contributed by atoms with Crippen LogP contribution in [0.3, 0.4) is 0 Å². The number of hydrogen-bond acceptors (Lipinski definition) is 1. The molecule has 0 radical (unpaired) electrons. The first-order chi connectivity index (χ1) is 8.47. The summed E-state index contributed by atoms with van der Waals surface area (Å²) in [6, 6.07) is 6.54. The highest BCUT2D eigenvalue weighted by Crippen LogP contribution is 2.41. The highest BCUT2D eigenvalue weighted by atomic mass is 19.4. The summed E-state index contributed by atoms with van der Waals surface area (Å²) < 4.78 is 39.5. The van der Waals surface area contributed by atoms with Gasteiger partial charge in [-0.15, -0.1) is 0 Å². The highest BCUT2D eigenvalue weighted by molar-refractivity contribution is 5.21. The van der Waals surface area contributed by atoms with E-state index in [9.17, 15) is 13.2 Å². The van der Waals surface area contributed by atoms with E-state index in [1.165, 1.54) is 12.1 Å². The molecule has 1 aliphatic rings. The summed E-state index contributed by atoms with van der Waals surface area (Å²) in [6.07, 6.45) is -0.822. The van der Waals surface area contributed by atoms with Crippen molar-refractivity contribution in [2.24, 2.45) is 0 Å². The van der Waals surface area contributed by atoms with E-state index in [0.717, 1.165) is 25.7 Å². The van der Waals surface area contributed by atoms with Gasteiger partial charge in [-0.05, 0) is 31.2 Å². The second-order valence-electron chi connectivity index (χ2n) is 5.02. The van der Waals surface area contributed by atoms with Crippen molar-refractivity contribution in [1.29, 1.82) is 0 Å². The molecule has 0 bridgehead atoms. The molecule has 1 nitrogen and oxygen atoms in total. The van der Waals surface area contributed by atoms with Gasteiger partial charge >= 0.3 is 6.18 Å². The zero-order chi connectivity index (χ0) is 13.2. The van der Waals surface area contributed by atoms with Crippen molar-refractivity contribution in [2.75, 3.05) is 0 Å². The summed E-state index contributed by atoms with van der Waals surface area (Å²) in [5, 5.41) is 2.85. The summed E-state index contributed by atoms with van der Waals surface area (Å²) in [4.78, 5) is 0. The fourth-order valence-corrected chi connectivity index (χ4v) is 2.51. The van der Waals surface area contributed by atoms with Crippen LogP contribution in [0.1, 0.15) is 44.2 Å². The largest absolute Gasteiger partial charge is 0.407 e. The van der Waals surface area contributed by atoms with Gasteiger partial charge in [0.05, 0.1) is 0 Å². The number of halogens is 3. The Morgan fingerprint density at radius 3 is 2.22 bits per heavy atom. The van der Waals surface area contributed by atoms with Crippen LogP contribution in [0.15, 0.2) is 30.3 Å². The molecule has 0 aliphatic heterocycles. The predicted octanol–water partition coefficient (Wildman–Crippen LogP) is 4.21. The minimum atomic E-state index is -4.25. The van der Waals surface area contributed by atoms with Gasteiger partial charge in [-0.1, -0.05) is 37.3 Å². The molecule has 2 rings (SSSR count). The SMILES string of the molecule is CCC1(NC(c2ccccc2)C(F)(F)F)CCC1. The number of benzene rings is 1. The van der Waals surface area contributed by atoms with Gasteiger partial charge in [0, 0.05) is 5.54 Å². The lowest BCUT2D eigenvalue weighted by atomic mass is 9.74. The maximum absolute atomic E-state index is 13.2. The Morgan fingerprint density at radius 2 is 1.83 bits per heavy atom. The molecule has 18 heavy (non-hydrogen) atoms. The van der Waals surface area contributed by atoms with Gasteiger partial charge in [-0.2, -0.15) is 13.2 Å². The molecule has 0 spiro atoms. The second kappa shape index (κ2) is 4.92. The van der Waals surface area contributed by atoms with Crippen LogP contribution in [0.25, 0.3) is 0 Å². The van der Waals surface area contributed by atoms with Gasteiger partial charge < -0.3 is 0 Å². The predicted molar refractivity (Wildman–Crippen MR) is 65.2 cm³/mol. The Hall–Kier alpha value is -1.03. The van der Waals surface area contributed by atoms with Crippen LogP contribution in [0, 0.1) is 0 Å². The van der Waals surface area contributed by atoms with Crippen molar-refractivity contribution >= 4 is 0 Å². The monoisotopic (exact) mass is 257 g/mol. The fraction of sp³-hybridized carbons (Fsp3) is 0.571. The van der Waals surface area contributed by atoms with Crippen molar-refractivity contribution < 1.29 is 13.2 Å². The Labute approximate surface area is 105 Å². The quantitative estimate of drug-likeness (QED) is 0.851. The molecule has 0 saturated heterocycles.